The minimum Gasteiger partial charge on any atom is -0.394 e. The molecule has 3 rings (SSSR count). The highest BCUT2D eigenvalue weighted by molar-refractivity contribution is 6.33. The molecule has 1 aromatic heterocycles. The molecule has 0 radical (unpaired) electrons. The Morgan fingerprint density at radius 2 is 1.45 bits per heavy atom. The zero-order valence-corrected chi connectivity index (χ0v) is 22.3. The first-order valence-electron chi connectivity index (χ1n) is 11.8. The Bertz CT molecular complexity index is 1340. The number of benzene rings is 2. The van der Waals surface area contributed by atoms with Crippen LogP contribution in [0, 0.1) is 0 Å². The number of likely N-dealkylation sites (N-methyl/N-ethyl adjacent to an activating group) is 1. The fourth-order valence-corrected chi connectivity index (χ4v) is 4.25. The highest BCUT2D eigenvalue weighted by atomic mass is 35.5. The Morgan fingerprint density at radius 3 is 1.95 bits per heavy atom. The largest absolute Gasteiger partial charge is 0.416 e. The zero-order valence-electron chi connectivity index (χ0n) is 21.5. The van der Waals surface area contributed by atoms with Crippen LogP contribution in [0.2, 0.25) is 5.02 Å². The molecule has 0 saturated carbocycles. The molecule has 6 nitrogen and oxygen atoms in total. The van der Waals surface area contributed by atoms with Crippen molar-refractivity contribution in [3.63, 3.8) is 0 Å². The Morgan fingerprint density at radius 1 is 0.925 bits per heavy atom. The molecule has 0 aliphatic heterocycles. The molecule has 1 heterocycles. The molecule has 0 spiro atoms. The number of hydrogen-bond acceptors (Lipinski definition) is 5. The second kappa shape index (κ2) is 11.6. The smallest absolute Gasteiger partial charge is 0.394 e. The van der Waals surface area contributed by atoms with Crippen LogP contribution in [0.1, 0.15) is 30.5 Å². The number of pyridine rings is 1. The van der Waals surface area contributed by atoms with Crippen LogP contribution in [0.3, 0.4) is 0 Å². The van der Waals surface area contributed by atoms with E-state index in [-0.39, 0.29) is 22.6 Å². The molecule has 1 amide bonds. The number of nitrogens with one attached hydrogen (secondary N) is 1. The Kier molecular flexibility index (Phi) is 9.07. The maximum atomic E-state index is 13.7. The minimum absolute atomic E-state index is 0.00491. The van der Waals surface area contributed by atoms with Crippen molar-refractivity contribution in [2.24, 2.45) is 0 Å². The zero-order chi connectivity index (χ0) is 30.0. The first-order valence-corrected chi connectivity index (χ1v) is 12.2. The third-order valence-electron chi connectivity index (χ3n) is 6.35. The van der Waals surface area contributed by atoms with E-state index in [1.165, 1.54) is 33.2 Å². The molecule has 0 bridgehead atoms. The fourth-order valence-electron chi connectivity index (χ4n) is 4.02. The van der Waals surface area contributed by atoms with Gasteiger partial charge in [0.2, 0.25) is 5.91 Å². The number of carbonyl (C=O) groups excluding carboxylic acids is 1. The van der Waals surface area contributed by atoms with Gasteiger partial charge in [0, 0.05) is 23.2 Å². The average Bonchev–Trinajstić information content (AvgIpc) is 2.89. The predicted molar refractivity (Wildman–Crippen MR) is 139 cm³/mol. The van der Waals surface area contributed by atoms with Crippen molar-refractivity contribution in [3.8, 4) is 11.1 Å². The van der Waals surface area contributed by atoms with Crippen molar-refractivity contribution in [2.75, 3.05) is 30.5 Å². The summed E-state index contributed by atoms with van der Waals surface area (Å²) in [6, 6.07) is 8.40. The van der Waals surface area contributed by atoms with E-state index >= 15 is 0 Å². The van der Waals surface area contributed by atoms with Crippen molar-refractivity contribution >= 4 is 29.0 Å². The molecule has 40 heavy (non-hydrogen) atoms. The molecule has 13 heteroatoms. The lowest BCUT2D eigenvalue weighted by Gasteiger charge is -2.32. The number of aliphatic hydroxyl groups is 2. The molecule has 0 saturated heterocycles. The van der Waals surface area contributed by atoms with Crippen LogP contribution in [-0.2, 0) is 22.6 Å². The van der Waals surface area contributed by atoms with Gasteiger partial charge in [0.15, 0.2) is 0 Å². The van der Waals surface area contributed by atoms with E-state index in [0.717, 1.165) is 4.90 Å². The molecule has 0 aliphatic rings. The van der Waals surface area contributed by atoms with Gasteiger partial charge in [0.25, 0.3) is 0 Å². The van der Waals surface area contributed by atoms with E-state index in [9.17, 15) is 41.4 Å². The minimum atomic E-state index is -5.08. The van der Waals surface area contributed by atoms with Gasteiger partial charge in [-0.05, 0) is 49.7 Å². The first-order chi connectivity index (χ1) is 18.5. The van der Waals surface area contributed by atoms with Gasteiger partial charge in [-0.1, -0.05) is 29.8 Å². The number of hydrogen-bond donors (Lipinski definition) is 3. The number of aromatic nitrogens is 1. The second-order valence-corrected chi connectivity index (χ2v) is 9.96. The number of nitrogens with zero attached hydrogens (tertiary/aromatic N) is 2. The van der Waals surface area contributed by atoms with Gasteiger partial charge in [0.1, 0.15) is 5.82 Å². The summed E-state index contributed by atoms with van der Waals surface area (Å²) < 4.78 is 80.9. The van der Waals surface area contributed by atoms with E-state index in [4.69, 9.17) is 11.6 Å². The highest BCUT2D eigenvalue weighted by Crippen LogP contribution is 2.41. The van der Waals surface area contributed by atoms with E-state index in [1.807, 2.05) is 0 Å². The first kappa shape index (κ1) is 31.2. The number of aliphatic hydroxyl groups excluding tert-OH is 2. The standard InChI is InChI=1S/C27H26ClF6N3O3/c1-25(2,15-8-16(26(29,30)31)10-17(9-15)27(32,33)34)24(40)37(3)22-12-35-23(36-18(13-38)14-39)11-20(22)19-6-4-5-7-21(19)28/h4-12,18,38-39H,13-14H2,1-3H3,(H,35,36). The van der Waals surface area contributed by atoms with Crippen molar-refractivity contribution < 1.29 is 41.4 Å². The summed E-state index contributed by atoms with van der Waals surface area (Å²) in [5, 5.41) is 21.9. The maximum Gasteiger partial charge on any atom is 0.416 e. The number of alkyl halides is 6. The third-order valence-corrected chi connectivity index (χ3v) is 6.68. The van der Waals surface area contributed by atoms with Gasteiger partial charge in [-0.15, -0.1) is 0 Å². The van der Waals surface area contributed by atoms with E-state index in [2.05, 4.69) is 10.3 Å². The number of amides is 1. The third kappa shape index (κ3) is 6.68. The van der Waals surface area contributed by atoms with Crippen molar-refractivity contribution in [1.82, 2.24) is 4.98 Å². The maximum absolute atomic E-state index is 13.7. The van der Waals surface area contributed by atoms with Crippen LogP contribution < -0.4 is 10.2 Å². The van der Waals surface area contributed by atoms with Gasteiger partial charge in [-0.3, -0.25) is 4.79 Å². The molecule has 3 N–H and O–H groups in total. The normalized spacial score (nSPS) is 12.5. The van der Waals surface area contributed by atoms with Crippen LogP contribution in [0.15, 0.2) is 54.7 Å². The summed E-state index contributed by atoms with van der Waals surface area (Å²) in [7, 11) is 1.32. The molecule has 0 fully saturated rings. The summed E-state index contributed by atoms with van der Waals surface area (Å²) in [6.07, 6.45) is -8.88. The van der Waals surface area contributed by atoms with Crippen molar-refractivity contribution in [2.45, 2.75) is 37.7 Å². The lowest BCUT2D eigenvalue weighted by molar-refractivity contribution is -0.143. The van der Waals surface area contributed by atoms with Crippen molar-refractivity contribution in [3.05, 3.63) is 76.4 Å². The quantitative estimate of drug-likeness (QED) is 0.275. The molecular formula is C27H26ClF6N3O3. The molecule has 0 unspecified atom stereocenters. The van der Waals surface area contributed by atoms with Gasteiger partial charge in [-0.25, -0.2) is 4.98 Å². The van der Waals surface area contributed by atoms with Crippen LogP contribution in [0.5, 0.6) is 0 Å². The number of halogens is 7. The summed E-state index contributed by atoms with van der Waals surface area (Å²) in [4.78, 5) is 19.0. The van der Waals surface area contributed by atoms with Gasteiger partial charge >= 0.3 is 12.4 Å². The van der Waals surface area contributed by atoms with Crippen LogP contribution in [-0.4, -0.2) is 47.4 Å². The van der Waals surface area contributed by atoms with E-state index < -0.39 is 59.6 Å². The van der Waals surface area contributed by atoms with E-state index in [0.29, 0.717) is 23.3 Å². The van der Waals surface area contributed by atoms with Gasteiger partial charge in [0.05, 0.1) is 47.7 Å². The van der Waals surface area contributed by atoms with E-state index in [1.54, 1.807) is 24.3 Å². The summed E-state index contributed by atoms with van der Waals surface area (Å²) in [5.74, 6) is -0.612. The van der Waals surface area contributed by atoms with Crippen LogP contribution in [0.4, 0.5) is 37.8 Å². The number of anilines is 2. The lowest BCUT2D eigenvalue weighted by atomic mass is 9.81. The van der Waals surface area contributed by atoms with Gasteiger partial charge in [-0.2, -0.15) is 26.3 Å². The number of rotatable bonds is 8. The molecule has 0 atom stereocenters. The fraction of sp³-hybridized carbons (Fsp3) is 0.333. The highest BCUT2D eigenvalue weighted by Gasteiger charge is 2.41. The van der Waals surface area contributed by atoms with Crippen LogP contribution >= 0.6 is 11.6 Å². The average molecular weight is 590 g/mol. The molecule has 216 valence electrons. The topological polar surface area (TPSA) is 85.7 Å². The Hall–Kier alpha value is -3.35. The SMILES string of the molecule is CN(C(=O)C(C)(C)c1cc(C(F)(F)F)cc(C(F)(F)F)c1)c1cnc(NC(CO)CO)cc1-c1ccccc1Cl. The van der Waals surface area contributed by atoms with Gasteiger partial charge < -0.3 is 20.4 Å². The Labute approximate surface area is 231 Å². The molecule has 0 aliphatic carbocycles. The number of carbonyl (C=O) groups is 1. The lowest BCUT2D eigenvalue weighted by Crippen LogP contribution is -2.42. The van der Waals surface area contributed by atoms with Crippen LogP contribution in [0.25, 0.3) is 11.1 Å². The monoisotopic (exact) mass is 589 g/mol. The molecular weight excluding hydrogens is 564 g/mol. The Balaban J connectivity index is 2.14. The summed E-state index contributed by atoms with van der Waals surface area (Å²) >= 11 is 6.40. The van der Waals surface area contributed by atoms with Crippen molar-refractivity contribution in [1.29, 1.82) is 0 Å². The summed E-state index contributed by atoms with van der Waals surface area (Å²) in [6.45, 7) is 1.63. The second-order valence-electron chi connectivity index (χ2n) is 9.56. The molecule has 2 aromatic carbocycles. The summed E-state index contributed by atoms with van der Waals surface area (Å²) in [5.41, 5.74) is -4.43. The molecule has 3 aromatic rings. The predicted octanol–water partition coefficient (Wildman–Crippen LogP) is 6.15.